The van der Waals surface area contributed by atoms with E-state index < -0.39 is 33.5 Å². The molecule has 0 atom stereocenters. The van der Waals surface area contributed by atoms with E-state index in [9.17, 15) is 19.3 Å². The first-order valence-corrected chi connectivity index (χ1v) is 4.56. The van der Waals surface area contributed by atoms with Crippen molar-refractivity contribution < 1.29 is 18.8 Å². The number of carbonyl (C=O) groups is 1. The Bertz CT molecular complexity index is 522. The summed E-state index contributed by atoms with van der Waals surface area (Å²) in [6.45, 7) is 1.50. The van der Waals surface area contributed by atoms with E-state index in [1.807, 2.05) is 0 Å². The van der Waals surface area contributed by atoms with Gasteiger partial charge < -0.3 is 4.74 Å². The van der Waals surface area contributed by atoms with Gasteiger partial charge >= 0.3 is 11.7 Å². The maximum atomic E-state index is 13.1. The largest absolute Gasteiger partial charge is 0.462 e. The molecule has 1 aromatic rings. The molecular formula is C10H7FN2O4. The second-order valence-corrected chi connectivity index (χ2v) is 2.94. The zero-order chi connectivity index (χ0) is 13.0. The van der Waals surface area contributed by atoms with E-state index in [-0.39, 0.29) is 6.61 Å². The van der Waals surface area contributed by atoms with Crippen molar-refractivity contribution in [2.45, 2.75) is 6.92 Å². The standard InChI is InChI=1S/C10H7FN2O4/c1-2-17-10(14)8-4-7(11)3-6(5-12)9(8)13(15)16/h3-4H,2H2,1H3. The van der Waals surface area contributed by atoms with E-state index in [2.05, 4.69) is 4.74 Å². The molecule has 6 nitrogen and oxygen atoms in total. The molecule has 0 aliphatic rings. The molecule has 0 fully saturated rings. The van der Waals surface area contributed by atoms with Crippen LogP contribution in [0.3, 0.4) is 0 Å². The van der Waals surface area contributed by atoms with Gasteiger partial charge in [0, 0.05) is 0 Å². The van der Waals surface area contributed by atoms with E-state index in [1.54, 1.807) is 0 Å². The average molecular weight is 238 g/mol. The molecule has 7 heteroatoms. The molecule has 0 unspecified atom stereocenters. The normalized spacial score (nSPS) is 9.47. The number of nitro groups is 1. The molecule has 17 heavy (non-hydrogen) atoms. The van der Waals surface area contributed by atoms with Crippen LogP contribution >= 0.6 is 0 Å². The highest BCUT2D eigenvalue weighted by Gasteiger charge is 2.27. The van der Waals surface area contributed by atoms with Crippen LogP contribution in [0.15, 0.2) is 12.1 Å². The maximum absolute atomic E-state index is 13.1. The van der Waals surface area contributed by atoms with E-state index in [0.29, 0.717) is 12.1 Å². The molecule has 0 aliphatic heterocycles. The number of carbonyl (C=O) groups excluding carboxylic acids is 1. The second-order valence-electron chi connectivity index (χ2n) is 2.94. The van der Waals surface area contributed by atoms with Crippen LogP contribution in [0.2, 0.25) is 0 Å². The van der Waals surface area contributed by atoms with E-state index in [0.717, 1.165) is 0 Å². The van der Waals surface area contributed by atoms with Crippen molar-refractivity contribution in [3.05, 3.63) is 39.2 Å². The second kappa shape index (κ2) is 5.03. The van der Waals surface area contributed by atoms with Crippen molar-refractivity contribution in [3.63, 3.8) is 0 Å². The highest BCUT2D eigenvalue weighted by atomic mass is 19.1. The summed E-state index contributed by atoms with van der Waals surface area (Å²) in [5, 5.41) is 19.4. The predicted octanol–water partition coefficient (Wildman–Crippen LogP) is 1.78. The topological polar surface area (TPSA) is 93.2 Å². The third-order valence-corrected chi connectivity index (χ3v) is 1.87. The number of esters is 1. The molecule has 0 saturated heterocycles. The number of nitro benzene ring substituents is 1. The van der Waals surface area contributed by atoms with E-state index >= 15 is 0 Å². The fourth-order valence-corrected chi connectivity index (χ4v) is 1.25. The third-order valence-electron chi connectivity index (χ3n) is 1.87. The lowest BCUT2D eigenvalue weighted by molar-refractivity contribution is -0.385. The van der Waals surface area contributed by atoms with Gasteiger partial charge in [-0.2, -0.15) is 5.26 Å². The summed E-state index contributed by atoms with van der Waals surface area (Å²) in [5.41, 5.74) is -1.82. The molecule has 0 radical (unpaired) electrons. The Morgan fingerprint density at radius 2 is 2.29 bits per heavy atom. The molecule has 0 amide bonds. The van der Waals surface area contributed by atoms with Crippen LogP contribution in [0.4, 0.5) is 10.1 Å². The number of halogens is 1. The lowest BCUT2D eigenvalue weighted by atomic mass is 10.1. The first-order valence-electron chi connectivity index (χ1n) is 4.56. The molecule has 1 aromatic carbocycles. The number of hydrogen-bond donors (Lipinski definition) is 0. The summed E-state index contributed by atoms with van der Waals surface area (Å²) in [4.78, 5) is 21.2. The third kappa shape index (κ3) is 2.55. The van der Waals surface area contributed by atoms with Crippen molar-refractivity contribution in [2.24, 2.45) is 0 Å². The highest BCUT2D eigenvalue weighted by molar-refractivity contribution is 5.95. The summed E-state index contributed by atoms with van der Waals surface area (Å²) in [7, 11) is 0. The minimum Gasteiger partial charge on any atom is -0.462 e. The quantitative estimate of drug-likeness (QED) is 0.454. The van der Waals surface area contributed by atoms with Gasteiger partial charge in [-0.25, -0.2) is 9.18 Å². The molecule has 0 aliphatic carbocycles. The summed E-state index contributed by atoms with van der Waals surface area (Å²) in [6.07, 6.45) is 0. The first kappa shape index (κ1) is 12.6. The van der Waals surface area contributed by atoms with Gasteiger partial charge in [-0.1, -0.05) is 0 Å². The zero-order valence-electron chi connectivity index (χ0n) is 8.77. The molecule has 0 N–H and O–H groups in total. The van der Waals surface area contributed by atoms with Gasteiger partial charge in [-0.3, -0.25) is 10.1 Å². The van der Waals surface area contributed by atoms with Crippen LogP contribution < -0.4 is 0 Å². The highest BCUT2D eigenvalue weighted by Crippen LogP contribution is 2.25. The van der Waals surface area contributed by atoms with E-state index in [1.165, 1.54) is 13.0 Å². The Balaban J connectivity index is 3.47. The van der Waals surface area contributed by atoms with Crippen LogP contribution in [0.25, 0.3) is 0 Å². The Morgan fingerprint density at radius 1 is 1.65 bits per heavy atom. The molecule has 0 saturated carbocycles. The summed E-state index contributed by atoms with van der Waals surface area (Å²) in [5.74, 6) is -1.94. The Hall–Kier alpha value is -2.49. The monoisotopic (exact) mass is 238 g/mol. The molecule has 0 spiro atoms. The number of nitrogens with zero attached hydrogens (tertiary/aromatic N) is 2. The van der Waals surface area contributed by atoms with Crippen LogP contribution in [-0.2, 0) is 4.74 Å². The lowest BCUT2D eigenvalue weighted by Crippen LogP contribution is -2.10. The van der Waals surface area contributed by atoms with Gasteiger partial charge in [0.25, 0.3) is 0 Å². The van der Waals surface area contributed by atoms with Crippen LogP contribution in [0, 0.1) is 27.3 Å². The maximum Gasteiger partial charge on any atom is 0.345 e. The van der Waals surface area contributed by atoms with Crippen molar-refractivity contribution in [1.82, 2.24) is 0 Å². The van der Waals surface area contributed by atoms with Crippen LogP contribution in [-0.4, -0.2) is 17.5 Å². The first-order chi connectivity index (χ1) is 8.01. The fourth-order valence-electron chi connectivity index (χ4n) is 1.25. The van der Waals surface area contributed by atoms with Gasteiger partial charge in [0.05, 0.1) is 11.5 Å². The molecule has 88 valence electrons. The van der Waals surface area contributed by atoms with Crippen molar-refractivity contribution >= 4 is 11.7 Å². The Kier molecular flexibility index (Phi) is 3.72. The van der Waals surface area contributed by atoms with Gasteiger partial charge in [0.15, 0.2) is 0 Å². The lowest BCUT2D eigenvalue weighted by Gasteiger charge is -2.04. The van der Waals surface area contributed by atoms with Crippen molar-refractivity contribution in [2.75, 3.05) is 6.61 Å². The minimum absolute atomic E-state index is 0.00557. The van der Waals surface area contributed by atoms with Gasteiger partial charge in [-0.05, 0) is 19.1 Å². The summed E-state index contributed by atoms with van der Waals surface area (Å²) >= 11 is 0. The molecule has 1 rings (SSSR count). The fraction of sp³-hybridized carbons (Fsp3) is 0.200. The zero-order valence-corrected chi connectivity index (χ0v) is 8.77. The van der Waals surface area contributed by atoms with E-state index in [4.69, 9.17) is 5.26 Å². The summed E-state index contributed by atoms with van der Waals surface area (Å²) in [6, 6.07) is 2.84. The number of hydrogen-bond acceptors (Lipinski definition) is 5. The van der Waals surface area contributed by atoms with Crippen molar-refractivity contribution in [1.29, 1.82) is 5.26 Å². The van der Waals surface area contributed by atoms with Gasteiger partial charge in [0.2, 0.25) is 0 Å². The molecule has 0 bridgehead atoms. The molecule has 0 heterocycles. The smallest absolute Gasteiger partial charge is 0.345 e. The number of rotatable bonds is 3. The average Bonchev–Trinajstić information content (AvgIpc) is 2.27. The number of ether oxygens (including phenoxy) is 1. The van der Waals surface area contributed by atoms with Crippen LogP contribution in [0.5, 0.6) is 0 Å². The van der Waals surface area contributed by atoms with Gasteiger partial charge in [0.1, 0.15) is 23.0 Å². The predicted molar refractivity (Wildman–Crippen MR) is 53.7 cm³/mol. The molecule has 0 aromatic heterocycles. The van der Waals surface area contributed by atoms with Crippen LogP contribution in [0.1, 0.15) is 22.8 Å². The summed E-state index contributed by atoms with van der Waals surface area (Å²) < 4.78 is 17.6. The SMILES string of the molecule is CCOC(=O)c1cc(F)cc(C#N)c1[N+](=O)[O-]. The molecular weight excluding hydrogens is 231 g/mol. The Morgan fingerprint density at radius 3 is 2.76 bits per heavy atom. The minimum atomic E-state index is -1.03. The number of nitriles is 1. The van der Waals surface area contributed by atoms with Crippen molar-refractivity contribution in [3.8, 4) is 6.07 Å². The van der Waals surface area contributed by atoms with Gasteiger partial charge in [-0.15, -0.1) is 0 Å². The number of benzene rings is 1. The Labute approximate surface area is 95.4 Å².